The largest absolute Gasteiger partial charge is 0.397 e. The van der Waals surface area contributed by atoms with E-state index in [0.717, 1.165) is 30.1 Å². The maximum absolute atomic E-state index is 10.7. The standard InChI is InChI=1S/C17H30O.C2H6O.C2H6/c1-11-9-13-6-7-14-12(2)5-4-8-17(14,3)16(13)15(18)10-11;1-2-3;1-2/h11-16,18H,4-10H2,1-3H3;3H,2H2,1H3;1-2H3/t11?,12?,13?,14?,15?,16?,17-;;/m1../s1. The van der Waals surface area contributed by atoms with Crippen LogP contribution >= 0.6 is 0 Å². The first-order chi connectivity index (χ1) is 10.9. The molecule has 0 saturated heterocycles. The smallest absolute Gasteiger partial charge is 0.0578 e. The molecule has 23 heavy (non-hydrogen) atoms. The van der Waals surface area contributed by atoms with Gasteiger partial charge in [-0.1, -0.05) is 47.5 Å². The quantitative estimate of drug-likeness (QED) is 0.636. The zero-order valence-corrected chi connectivity index (χ0v) is 16.5. The SMILES string of the molecule is CC.CC1CC(O)C2C(CCC3C(C)CCC[C@]32C)C1.CCO. The van der Waals surface area contributed by atoms with Crippen LogP contribution in [-0.2, 0) is 0 Å². The lowest BCUT2D eigenvalue weighted by molar-refractivity contribution is -0.137. The second-order valence-electron chi connectivity index (χ2n) is 8.31. The van der Waals surface area contributed by atoms with E-state index in [2.05, 4.69) is 20.8 Å². The van der Waals surface area contributed by atoms with Crippen LogP contribution in [0, 0.1) is 35.0 Å². The molecule has 3 aliphatic rings. The first-order valence-corrected chi connectivity index (χ1v) is 10.2. The van der Waals surface area contributed by atoms with Crippen molar-refractivity contribution in [1.82, 2.24) is 0 Å². The Kier molecular flexibility index (Phi) is 8.58. The van der Waals surface area contributed by atoms with E-state index < -0.39 is 0 Å². The van der Waals surface area contributed by atoms with E-state index >= 15 is 0 Å². The highest BCUT2D eigenvalue weighted by Crippen LogP contribution is 2.60. The monoisotopic (exact) mass is 326 g/mol. The number of aliphatic hydroxyl groups excluding tert-OH is 2. The van der Waals surface area contributed by atoms with E-state index in [1.165, 1.54) is 38.5 Å². The molecule has 0 aromatic carbocycles. The molecule has 2 heteroatoms. The van der Waals surface area contributed by atoms with E-state index in [1.54, 1.807) is 6.92 Å². The van der Waals surface area contributed by atoms with Gasteiger partial charge in [-0.25, -0.2) is 0 Å². The molecular formula is C21H42O2. The molecule has 2 nitrogen and oxygen atoms in total. The lowest BCUT2D eigenvalue weighted by Gasteiger charge is -2.59. The summed E-state index contributed by atoms with van der Waals surface area (Å²) in [7, 11) is 0. The molecule has 3 rings (SSSR count). The summed E-state index contributed by atoms with van der Waals surface area (Å²) < 4.78 is 0. The Morgan fingerprint density at radius 1 is 1.04 bits per heavy atom. The number of rotatable bonds is 0. The molecule has 0 aromatic heterocycles. The highest BCUT2D eigenvalue weighted by molar-refractivity contribution is 5.04. The van der Waals surface area contributed by atoms with Crippen LogP contribution in [0.3, 0.4) is 0 Å². The van der Waals surface area contributed by atoms with Crippen LogP contribution in [0.2, 0.25) is 0 Å². The predicted molar refractivity (Wildman–Crippen MR) is 99.3 cm³/mol. The first-order valence-electron chi connectivity index (χ1n) is 10.2. The average molecular weight is 327 g/mol. The minimum Gasteiger partial charge on any atom is -0.397 e. The molecule has 3 saturated carbocycles. The maximum atomic E-state index is 10.7. The minimum atomic E-state index is -0.0168. The van der Waals surface area contributed by atoms with Crippen LogP contribution < -0.4 is 0 Å². The molecule has 7 atom stereocenters. The van der Waals surface area contributed by atoms with Crippen molar-refractivity contribution in [2.24, 2.45) is 35.0 Å². The van der Waals surface area contributed by atoms with Gasteiger partial charge < -0.3 is 10.2 Å². The van der Waals surface area contributed by atoms with Crippen molar-refractivity contribution >= 4 is 0 Å². The summed E-state index contributed by atoms with van der Waals surface area (Å²) in [6.45, 7) is 13.2. The lowest BCUT2D eigenvalue weighted by atomic mass is 9.47. The van der Waals surface area contributed by atoms with Gasteiger partial charge in [0.25, 0.3) is 0 Å². The van der Waals surface area contributed by atoms with Gasteiger partial charge in [0.2, 0.25) is 0 Å². The van der Waals surface area contributed by atoms with E-state index in [-0.39, 0.29) is 12.7 Å². The third kappa shape index (κ3) is 4.51. The number of hydrogen-bond acceptors (Lipinski definition) is 2. The summed E-state index contributed by atoms with van der Waals surface area (Å²) in [4.78, 5) is 0. The molecular weight excluding hydrogens is 284 g/mol. The summed E-state index contributed by atoms with van der Waals surface area (Å²) >= 11 is 0. The fourth-order valence-corrected chi connectivity index (χ4v) is 6.17. The molecule has 6 unspecified atom stereocenters. The van der Waals surface area contributed by atoms with Crippen LogP contribution in [0.5, 0.6) is 0 Å². The topological polar surface area (TPSA) is 40.5 Å². The maximum Gasteiger partial charge on any atom is 0.0578 e. The number of aliphatic hydroxyl groups is 2. The van der Waals surface area contributed by atoms with Crippen molar-refractivity contribution in [3.05, 3.63) is 0 Å². The number of hydrogen-bond donors (Lipinski definition) is 2. The van der Waals surface area contributed by atoms with Crippen molar-refractivity contribution in [2.75, 3.05) is 6.61 Å². The van der Waals surface area contributed by atoms with E-state index in [1.807, 2.05) is 13.8 Å². The van der Waals surface area contributed by atoms with Gasteiger partial charge in [-0.2, -0.15) is 0 Å². The first kappa shape index (κ1) is 21.0. The molecule has 3 aliphatic carbocycles. The van der Waals surface area contributed by atoms with Crippen LogP contribution in [-0.4, -0.2) is 22.9 Å². The molecule has 0 aliphatic heterocycles. The second kappa shape index (κ2) is 9.42. The Labute approximate surface area is 145 Å². The van der Waals surface area contributed by atoms with Gasteiger partial charge in [-0.3, -0.25) is 0 Å². The highest BCUT2D eigenvalue weighted by Gasteiger charge is 2.54. The minimum absolute atomic E-state index is 0.0168. The molecule has 3 fully saturated rings. The van der Waals surface area contributed by atoms with E-state index in [9.17, 15) is 5.11 Å². The Morgan fingerprint density at radius 3 is 2.26 bits per heavy atom. The van der Waals surface area contributed by atoms with Crippen molar-refractivity contribution in [2.45, 2.75) is 92.6 Å². The van der Waals surface area contributed by atoms with Crippen molar-refractivity contribution in [3.63, 3.8) is 0 Å². The molecule has 0 aromatic rings. The van der Waals surface area contributed by atoms with Crippen LogP contribution in [0.4, 0.5) is 0 Å². The van der Waals surface area contributed by atoms with Crippen LogP contribution in [0.15, 0.2) is 0 Å². The zero-order chi connectivity index (χ0) is 17.6. The van der Waals surface area contributed by atoms with Gasteiger partial charge in [0, 0.05) is 6.61 Å². The fraction of sp³-hybridized carbons (Fsp3) is 1.00. The van der Waals surface area contributed by atoms with Gasteiger partial charge in [-0.05, 0) is 74.0 Å². The summed E-state index contributed by atoms with van der Waals surface area (Å²) in [5, 5.41) is 18.2. The second-order valence-corrected chi connectivity index (χ2v) is 8.31. The summed E-state index contributed by atoms with van der Waals surface area (Å²) in [5.74, 6) is 3.93. The van der Waals surface area contributed by atoms with Crippen molar-refractivity contribution < 1.29 is 10.2 Å². The molecule has 0 bridgehead atoms. The molecule has 0 radical (unpaired) electrons. The zero-order valence-electron chi connectivity index (χ0n) is 16.5. The molecule has 2 N–H and O–H groups in total. The van der Waals surface area contributed by atoms with Gasteiger partial charge >= 0.3 is 0 Å². The molecule has 0 heterocycles. The van der Waals surface area contributed by atoms with Gasteiger partial charge in [0.15, 0.2) is 0 Å². The summed E-state index contributed by atoms with van der Waals surface area (Å²) in [6.07, 6.45) is 9.40. The molecule has 0 amide bonds. The number of fused-ring (bicyclic) bond motifs is 3. The van der Waals surface area contributed by atoms with Crippen LogP contribution in [0.25, 0.3) is 0 Å². The average Bonchev–Trinajstić information content (AvgIpc) is 2.48. The third-order valence-electron chi connectivity index (χ3n) is 6.79. The molecule has 0 spiro atoms. The van der Waals surface area contributed by atoms with Crippen molar-refractivity contribution in [3.8, 4) is 0 Å². The lowest BCUT2D eigenvalue weighted by Crippen LogP contribution is -2.54. The fourth-order valence-electron chi connectivity index (χ4n) is 6.17. The Balaban J connectivity index is 0.000000477. The third-order valence-corrected chi connectivity index (χ3v) is 6.79. The van der Waals surface area contributed by atoms with Crippen LogP contribution in [0.1, 0.15) is 86.5 Å². The van der Waals surface area contributed by atoms with E-state index in [0.29, 0.717) is 11.3 Å². The summed E-state index contributed by atoms with van der Waals surface area (Å²) in [5.41, 5.74) is 0.445. The van der Waals surface area contributed by atoms with Gasteiger partial charge in [-0.15, -0.1) is 0 Å². The van der Waals surface area contributed by atoms with Crippen molar-refractivity contribution in [1.29, 1.82) is 0 Å². The normalized spacial score (nSPS) is 45.4. The van der Waals surface area contributed by atoms with E-state index in [4.69, 9.17) is 5.11 Å². The predicted octanol–water partition coefficient (Wildman–Crippen LogP) is 5.27. The summed E-state index contributed by atoms with van der Waals surface area (Å²) in [6, 6.07) is 0. The molecule has 138 valence electrons. The Morgan fingerprint density at radius 2 is 1.65 bits per heavy atom. The highest BCUT2D eigenvalue weighted by atomic mass is 16.3. The van der Waals surface area contributed by atoms with Gasteiger partial charge in [0.1, 0.15) is 0 Å². The van der Waals surface area contributed by atoms with Gasteiger partial charge in [0.05, 0.1) is 6.10 Å². The Hall–Kier alpha value is -0.0800. The Bertz CT molecular complexity index is 330.